The van der Waals surface area contributed by atoms with Gasteiger partial charge in [0.25, 0.3) is 0 Å². The van der Waals surface area contributed by atoms with Crippen molar-refractivity contribution in [3.05, 3.63) is 237 Å². The van der Waals surface area contributed by atoms with E-state index in [0.717, 1.165) is 111 Å². The predicted octanol–water partition coefficient (Wildman–Crippen LogP) is 18.7. The third kappa shape index (κ3) is 6.08. The molecule has 0 radical (unpaired) electrons. The van der Waals surface area contributed by atoms with Gasteiger partial charge in [-0.1, -0.05) is 158 Å². The van der Waals surface area contributed by atoms with Crippen molar-refractivity contribution >= 4 is 93.7 Å². The molecule has 3 aromatic heterocycles. The Morgan fingerprint density at radius 1 is 0.221 bits per heavy atom. The lowest BCUT2D eigenvalue weighted by Crippen LogP contribution is -2.09. The number of anilines is 3. The molecule has 4 heteroatoms. The van der Waals surface area contributed by atoms with E-state index < -0.39 is 0 Å². The zero-order valence-electron chi connectivity index (χ0n) is 36.7. The lowest BCUT2D eigenvalue weighted by molar-refractivity contribution is 0.668. The summed E-state index contributed by atoms with van der Waals surface area (Å²) in [5.74, 6) is 0. The van der Waals surface area contributed by atoms with Crippen molar-refractivity contribution < 1.29 is 13.3 Å². The average molecular weight is 870 g/mol. The molecular formula is C64H39NO3. The summed E-state index contributed by atoms with van der Waals surface area (Å²) in [6.07, 6.45) is 0. The van der Waals surface area contributed by atoms with Gasteiger partial charge in [-0.2, -0.15) is 0 Å². The van der Waals surface area contributed by atoms with Crippen LogP contribution in [0.15, 0.2) is 250 Å². The SMILES string of the molecule is c1ccc2c(c1)oc1ccc(-c3ccc(-c4ccc(N(c5ccc(-c6cccc7oc8ccccc8c67)cc5)c5ccc(-c6cccc7oc8ccccc8c67)cc5)cc4)c4ccccc34)cc12. The van der Waals surface area contributed by atoms with E-state index in [-0.39, 0.29) is 0 Å². The third-order valence-electron chi connectivity index (χ3n) is 13.7. The summed E-state index contributed by atoms with van der Waals surface area (Å²) >= 11 is 0. The minimum Gasteiger partial charge on any atom is -0.456 e. The second-order valence-corrected chi connectivity index (χ2v) is 17.5. The first kappa shape index (κ1) is 38.2. The first-order valence-corrected chi connectivity index (χ1v) is 23.1. The van der Waals surface area contributed by atoms with Crippen LogP contribution >= 0.6 is 0 Å². The molecule has 0 saturated carbocycles. The second-order valence-electron chi connectivity index (χ2n) is 17.5. The summed E-state index contributed by atoms with van der Waals surface area (Å²) < 4.78 is 18.7. The summed E-state index contributed by atoms with van der Waals surface area (Å²) in [7, 11) is 0. The molecule has 0 unspecified atom stereocenters. The number of hydrogen-bond acceptors (Lipinski definition) is 4. The molecule has 68 heavy (non-hydrogen) atoms. The van der Waals surface area contributed by atoms with E-state index in [0.29, 0.717) is 0 Å². The lowest BCUT2D eigenvalue weighted by Gasteiger charge is -2.26. The molecule has 0 saturated heterocycles. The van der Waals surface area contributed by atoms with Gasteiger partial charge >= 0.3 is 0 Å². The van der Waals surface area contributed by atoms with Crippen molar-refractivity contribution in [1.82, 2.24) is 0 Å². The van der Waals surface area contributed by atoms with Crippen molar-refractivity contribution in [2.45, 2.75) is 0 Å². The van der Waals surface area contributed by atoms with Crippen LogP contribution in [0.2, 0.25) is 0 Å². The molecule has 14 rings (SSSR count). The Labute approximate surface area is 391 Å². The predicted molar refractivity (Wildman–Crippen MR) is 282 cm³/mol. The molecule has 0 aliphatic rings. The quantitative estimate of drug-likeness (QED) is 0.160. The van der Waals surface area contributed by atoms with Crippen LogP contribution in [0.3, 0.4) is 0 Å². The van der Waals surface area contributed by atoms with E-state index in [1.165, 1.54) is 27.5 Å². The number of hydrogen-bond donors (Lipinski definition) is 0. The van der Waals surface area contributed by atoms with E-state index in [4.69, 9.17) is 13.3 Å². The van der Waals surface area contributed by atoms with Gasteiger partial charge in [-0.05, 0) is 134 Å². The normalized spacial score (nSPS) is 11.8. The van der Waals surface area contributed by atoms with Crippen LogP contribution in [0, 0.1) is 0 Å². The van der Waals surface area contributed by atoms with Crippen molar-refractivity contribution in [3.63, 3.8) is 0 Å². The van der Waals surface area contributed by atoms with Gasteiger partial charge in [0.05, 0.1) is 0 Å². The summed E-state index contributed by atoms with van der Waals surface area (Å²) in [6.45, 7) is 0. The second kappa shape index (κ2) is 15.2. The van der Waals surface area contributed by atoms with Gasteiger partial charge in [-0.15, -0.1) is 0 Å². The zero-order valence-corrected chi connectivity index (χ0v) is 36.7. The van der Waals surface area contributed by atoms with Crippen LogP contribution < -0.4 is 4.90 Å². The fourth-order valence-electron chi connectivity index (χ4n) is 10.5. The molecule has 0 atom stereocenters. The standard InChI is InChI=1S/C64H39NO3/c1-2-12-52-48(43-29-38-60-56(39-43)53-13-3-6-18-57(53)66-60)37-36-47(51(52)11-1)40-23-30-44(31-24-40)65(45-32-25-41(26-33-45)49-16-9-21-61-63(49)54-14-4-7-19-58(54)67-61)46-34-27-42(28-35-46)50-17-10-22-62-64(50)55-15-5-8-20-59(55)68-62/h1-39H. The van der Waals surface area contributed by atoms with Gasteiger partial charge in [0.1, 0.15) is 33.5 Å². The molecule has 0 fully saturated rings. The van der Waals surface area contributed by atoms with Gasteiger partial charge in [0.15, 0.2) is 0 Å². The first-order chi connectivity index (χ1) is 33.7. The minimum atomic E-state index is 0.889. The van der Waals surface area contributed by atoms with Gasteiger partial charge in [0, 0.05) is 49.4 Å². The number of rotatable bonds is 7. The number of furan rings is 3. The maximum Gasteiger partial charge on any atom is 0.136 e. The summed E-state index contributed by atoms with van der Waals surface area (Å²) in [4.78, 5) is 2.34. The van der Waals surface area contributed by atoms with Gasteiger partial charge in [-0.3, -0.25) is 0 Å². The van der Waals surface area contributed by atoms with Gasteiger partial charge in [0.2, 0.25) is 0 Å². The molecule has 4 nitrogen and oxygen atoms in total. The highest BCUT2D eigenvalue weighted by Crippen LogP contribution is 2.44. The zero-order chi connectivity index (χ0) is 44.7. The summed E-state index contributed by atoms with van der Waals surface area (Å²) in [6, 6.07) is 84.1. The maximum atomic E-state index is 6.27. The van der Waals surface area contributed by atoms with Gasteiger partial charge < -0.3 is 18.2 Å². The van der Waals surface area contributed by atoms with Crippen LogP contribution in [0.1, 0.15) is 0 Å². The monoisotopic (exact) mass is 869 g/mol. The largest absolute Gasteiger partial charge is 0.456 e. The summed E-state index contributed by atoms with van der Waals surface area (Å²) in [5, 5.41) is 9.18. The highest BCUT2D eigenvalue weighted by molar-refractivity contribution is 6.14. The van der Waals surface area contributed by atoms with Crippen molar-refractivity contribution in [2.24, 2.45) is 0 Å². The van der Waals surface area contributed by atoms with Crippen LogP contribution in [-0.4, -0.2) is 0 Å². The van der Waals surface area contributed by atoms with Crippen molar-refractivity contribution in [3.8, 4) is 44.5 Å². The van der Waals surface area contributed by atoms with Crippen LogP contribution in [0.5, 0.6) is 0 Å². The van der Waals surface area contributed by atoms with E-state index in [9.17, 15) is 0 Å². The highest BCUT2D eigenvalue weighted by atomic mass is 16.3. The van der Waals surface area contributed by atoms with Crippen molar-refractivity contribution in [1.29, 1.82) is 0 Å². The van der Waals surface area contributed by atoms with Crippen LogP contribution in [0.4, 0.5) is 17.1 Å². The molecule has 0 aliphatic carbocycles. The smallest absolute Gasteiger partial charge is 0.136 e. The van der Waals surface area contributed by atoms with Crippen molar-refractivity contribution in [2.75, 3.05) is 4.90 Å². The molecule has 0 bridgehead atoms. The fourth-order valence-corrected chi connectivity index (χ4v) is 10.5. The summed E-state index contributed by atoms with van der Waals surface area (Å²) in [5.41, 5.74) is 17.8. The number of benzene rings is 11. The lowest BCUT2D eigenvalue weighted by atomic mass is 9.91. The molecule has 0 amide bonds. The molecule has 3 heterocycles. The maximum absolute atomic E-state index is 6.27. The topological polar surface area (TPSA) is 42.7 Å². The third-order valence-corrected chi connectivity index (χ3v) is 13.7. The Balaban J connectivity index is 0.861. The highest BCUT2D eigenvalue weighted by Gasteiger charge is 2.19. The molecular weight excluding hydrogens is 831 g/mol. The Morgan fingerprint density at radius 2 is 0.574 bits per heavy atom. The van der Waals surface area contributed by atoms with E-state index in [1.807, 2.05) is 36.4 Å². The number of nitrogens with zero attached hydrogens (tertiary/aromatic N) is 1. The minimum absolute atomic E-state index is 0.889. The molecule has 318 valence electrons. The Hall–Kier alpha value is -9.12. The molecule has 0 spiro atoms. The number of fused-ring (bicyclic) bond motifs is 10. The van der Waals surface area contributed by atoms with Crippen LogP contribution in [0.25, 0.3) is 121 Å². The molecule has 0 N–H and O–H groups in total. The van der Waals surface area contributed by atoms with E-state index in [2.05, 4.69) is 205 Å². The Kier molecular flexibility index (Phi) is 8.55. The van der Waals surface area contributed by atoms with E-state index >= 15 is 0 Å². The number of para-hydroxylation sites is 3. The Morgan fingerprint density at radius 3 is 1.07 bits per heavy atom. The fraction of sp³-hybridized carbons (Fsp3) is 0. The first-order valence-electron chi connectivity index (χ1n) is 23.1. The molecule has 11 aromatic carbocycles. The average Bonchev–Trinajstić information content (AvgIpc) is 4.10. The van der Waals surface area contributed by atoms with E-state index in [1.54, 1.807) is 0 Å². The molecule has 14 aromatic rings. The Bertz CT molecular complexity index is 4090. The van der Waals surface area contributed by atoms with Gasteiger partial charge in [-0.25, -0.2) is 0 Å². The van der Waals surface area contributed by atoms with Crippen LogP contribution in [-0.2, 0) is 0 Å². The molecule has 0 aliphatic heterocycles.